The van der Waals surface area contributed by atoms with Crippen LogP contribution in [0.15, 0.2) is 93.8 Å². The average Bonchev–Trinajstić information content (AvgIpc) is 2.75. The van der Waals surface area contributed by atoms with E-state index < -0.39 is 16.0 Å². The van der Waals surface area contributed by atoms with E-state index in [1.165, 1.54) is 24.3 Å². The number of nitriles is 1. The second-order valence-corrected chi connectivity index (χ2v) is 8.43. The molecule has 1 amide bonds. The van der Waals surface area contributed by atoms with Crippen molar-refractivity contribution in [3.8, 4) is 11.8 Å². The molecule has 0 aromatic heterocycles. The van der Waals surface area contributed by atoms with Gasteiger partial charge in [-0.05, 0) is 64.0 Å². The molecular formula is C22H15BrN2O4S. The van der Waals surface area contributed by atoms with Crippen molar-refractivity contribution in [3.63, 3.8) is 0 Å². The largest absolute Gasteiger partial charge is 0.378 e. The Hall–Kier alpha value is -3.41. The Labute approximate surface area is 182 Å². The van der Waals surface area contributed by atoms with Crippen molar-refractivity contribution in [2.75, 3.05) is 5.32 Å². The van der Waals surface area contributed by atoms with E-state index in [-0.39, 0.29) is 16.2 Å². The van der Waals surface area contributed by atoms with Gasteiger partial charge in [-0.2, -0.15) is 13.7 Å². The first-order valence-electron chi connectivity index (χ1n) is 8.66. The van der Waals surface area contributed by atoms with Crippen LogP contribution in [0.1, 0.15) is 5.56 Å². The van der Waals surface area contributed by atoms with E-state index in [1.807, 2.05) is 12.1 Å². The summed E-state index contributed by atoms with van der Waals surface area (Å²) in [6, 6.07) is 23.0. The molecule has 0 aliphatic heterocycles. The van der Waals surface area contributed by atoms with Crippen LogP contribution in [0.4, 0.5) is 5.69 Å². The summed E-state index contributed by atoms with van der Waals surface area (Å²) in [5.74, 6) is -0.463. The zero-order chi connectivity index (χ0) is 21.6. The van der Waals surface area contributed by atoms with Crippen LogP contribution in [-0.2, 0) is 14.9 Å². The Kier molecular flexibility index (Phi) is 6.67. The van der Waals surface area contributed by atoms with Gasteiger partial charge < -0.3 is 9.50 Å². The first-order chi connectivity index (χ1) is 14.4. The molecule has 0 unspecified atom stereocenters. The highest BCUT2D eigenvalue weighted by Crippen LogP contribution is 2.29. The topological polar surface area (TPSA) is 96.3 Å². The van der Waals surface area contributed by atoms with Crippen LogP contribution in [0.5, 0.6) is 5.75 Å². The number of nitrogens with one attached hydrogen (secondary N) is 1. The summed E-state index contributed by atoms with van der Waals surface area (Å²) in [4.78, 5) is 12.4. The molecule has 0 aliphatic carbocycles. The predicted octanol–water partition coefficient (Wildman–Crippen LogP) is 4.76. The maximum Gasteiger partial charge on any atom is 0.339 e. The average molecular weight is 483 g/mol. The summed E-state index contributed by atoms with van der Waals surface area (Å²) in [5.41, 5.74) is 0.988. The maximum absolute atomic E-state index is 12.4. The van der Waals surface area contributed by atoms with Gasteiger partial charge in [0.15, 0.2) is 5.75 Å². The van der Waals surface area contributed by atoms with Gasteiger partial charge in [0, 0.05) is 5.69 Å². The van der Waals surface area contributed by atoms with Gasteiger partial charge in [0.1, 0.15) is 16.5 Å². The van der Waals surface area contributed by atoms with Gasteiger partial charge in [-0.15, -0.1) is 0 Å². The van der Waals surface area contributed by atoms with Crippen molar-refractivity contribution < 1.29 is 17.4 Å². The minimum atomic E-state index is -3.99. The van der Waals surface area contributed by atoms with E-state index in [0.29, 0.717) is 15.7 Å². The Morgan fingerprint density at radius 3 is 2.23 bits per heavy atom. The van der Waals surface area contributed by atoms with Crippen molar-refractivity contribution in [1.29, 1.82) is 5.26 Å². The van der Waals surface area contributed by atoms with Crippen LogP contribution >= 0.6 is 15.9 Å². The lowest BCUT2D eigenvalue weighted by atomic mass is 10.1. The molecule has 150 valence electrons. The third kappa shape index (κ3) is 5.35. The van der Waals surface area contributed by atoms with E-state index in [4.69, 9.17) is 4.18 Å². The lowest BCUT2D eigenvalue weighted by Gasteiger charge is -2.09. The fraction of sp³-hybridized carbons (Fsp3) is 0. The molecule has 6 nitrogen and oxygen atoms in total. The molecule has 0 heterocycles. The SMILES string of the molecule is N#C/C(=C\c1ccc(OS(=O)(=O)c2ccccc2)c(Br)c1)C(=O)Nc1ccccc1. The molecule has 0 bridgehead atoms. The minimum Gasteiger partial charge on any atom is -0.378 e. The number of halogens is 1. The standard InChI is InChI=1S/C22H15BrN2O4S/c23-20-14-16(13-17(15-24)22(26)25-18-7-3-1-4-8-18)11-12-21(20)29-30(27,28)19-9-5-2-6-10-19/h1-14H,(H,25,26)/b17-13+. The molecule has 30 heavy (non-hydrogen) atoms. The Morgan fingerprint density at radius 1 is 1.00 bits per heavy atom. The van der Waals surface area contributed by atoms with Crippen LogP contribution in [0.3, 0.4) is 0 Å². The van der Waals surface area contributed by atoms with Crippen molar-refractivity contribution in [3.05, 3.63) is 94.5 Å². The smallest absolute Gasteiger partial charge is 0.339 e. The van der Waals surface area contributed by atoms with E-state index in [1.54, 1.807) is 54.6 Å². The zero-order valence-corrected chi connectivity index (χ0v) is 17.9. The lowest BCUT2D eigenvalue weighted by molar-refractivity contribution is -0.112. The third-order valence-electron chi connectivity index (χ3n) is 3.90. The van der Waals surface area contributed by atoms with Gasteiger partial charge in [-0.25, -0.2) is 0 Å². The molecule has 0 saturated heterocycles. The van der Waals surface area contributed by atoms with Crippen molar-refractivity contribution in [2.24, 2.45) is 0 Å². The zero-order valence-electron chi connectivity index (χ0n) is 15.4. The van der Waals surface area contributed by atoms with E-state index in [0.717, 1.165) is 0 Å². The van der Waals surface area contributed by atoms with E-state index >= 15 is 0 Å². The predicted molar refractivity (Wildman–Crippen MR) is 117 cm³/mol. The second kappa shape index (κ2) is 9.39. The summed E-state index contributed by atoms with van der Waals surface area (Å²) in [6.45, 7) is 0. The number of nitrogens with zero attached hydrogens (tertiary/aromatic N) is 1. The molecule has 8 heteroatoms. The van der Waals surface area contributed by atoms with Crippen molar-refractivity contribution in [1.82, 2.24) is 0 Å². The summed E-state index contributed by atoms with van der Waals surface area (Å²) >= 11 is 3.27. The summed E-state index contributed by atoms with van der Waals surface area (Å²) in [7, 11) is -3.99. The minimum absolute atomic E-state index is 0.0326. The molecule has 0 atom stereocenters. The Balaban J connectivity index is 1.80. The fourth-order valence-corrected chi connectivity index (χ4v) is 4.02. The lowest BCUT2D eigenvalue weighted by Crippen LogP contribution is -2.13. The molecule has 0 aliphatic rings. The third-order valence-corrected chi connectivity index (χ3v) is 5.76. The van der Waals surface area contributed by atoms with Crippen LogP contribution in [0.25, 0.3) is 6.08 Å². The molecule has 3 aromatic carbocycles. The van der Waals surface area contributed by atoms with Crippen LogP contribution < -0.4 is 9.50 Å². The number of anilines is 1. The number of carbonyl (C=O) groups excluding carboxylic acids is 1. The Morgan fingerprint density at radius 2 is 1.63 bits per heavy atom. The second-order valence-electron chi connectivity index (χ2n) is 6.03. The highest BCUT2D eigenvalue weighted by molar-refractivity contribution is 9.10. The monoisotopic (exact) mass is 482 g/mol. The number of hydrogen-bond acceptors (Lipinski definition) is 5. The molecule has 3 rings (SSSR count). The van der Waals surface area contributed by atoms with Gasteiger partial charge >= 0.3 is 10.1 Å². The van der Waals surface area contributed by atoms with Crippen LogP contribution in [0, 0.1) is 11.3 Å². The summed E-state index contributed by atoms with van der Waals surface area (Å²) in [6.07, 6.45) is 1.40. The van der Waals surface area contributed by atoms with Crippen LogP contribution in [-0.4, -0.2) is 14.3 Å². The van der Waals surface area contributed by atoms with Crippen molar-refractivity contribution in [2.45, 2.75) is 4.90 Å². The summed E-state index contributed by atoms with van der Waals surface area (Å²) in [5, 5.41) is 12.0. The first-order valence-corrected chi connectivity index (χ1v) is 10.9. The number of rotatable bonds is 6. The number of hydrogen-bond donors (Lipinski definition) is 1. The molecule has 0 saturated carbocycles. The fourth-order valence-electron chi connectivity index (χ4n) is 2.46. The first kappa shape index (κ1) is 21.3. The molecule has 0 fully saturated rings. The van der Waals surface area contributed by atoms with E-state index in [9.17, 15) is 18.5 Å². The number of benzene rings is 3. The number of amides is 1. The van der Waals surface area contributed by atoms with Crippen LogP contribution in [0.2, 0.25) is 0 Å². The normalized spacial score (nSPS) is 11.4. The molecular weight excluding hydrogens is 468 g/mol. The maximum atomic E-state index is 12.4. The number of para-hydroxylation sites is 1. The Bertz CT molecular complexity index is 1240. The molecule has 0 radical (unpaired) electrons. The van der Waals surface area contributed by atoms with Gasteiger partial charge in [-0.1, -0.05) is 42.5 Å². The molecule has 1 N–H and O–H groups in total. The summed E-state index contributed by atoms with van der Waals surface area (Å²) < 4.78 is 30.3. The number of carbonyl (C=O) groups is 1. The van der Waals surface area contributed by atoms with Gasteiger partial charge in [-0.3, -0.25) is 4.79 Å². The van der Waals surface area contributed by atoms with Gasteiger partial charge in [0.05, 0.1) is 4.47 Å². The molecule has 0 spiro atoms. The quantitative estimate of drug-likeness (QED) is 0.310. The van der Waals surface area contributed by atoms with Gasteiger partial charge in [0.25, 0.3) is 5.91 Å². The molecule has 3 aromatic rings. The van der Waals surface area contributed by atoms with E-state index in [2.05, 4.69) is 21.2 Å². The van der Waals surface area contributed by atoms with Gasteiger partial charge in [0.2, 0.25) is 0 Å². The van der Waals surface area contributed by atoms with Crippen molar-refractivity contribution >= 4 is 43.7 Å². The highest BCUT2D eigenvalue weighted by atomic mass is 79.9. The highest BCUT2D eigenvalue weighted by Gasteiger charge is 2.18.